The minimum Gasteiger partial charge on any atom is -0.465 e. The average molecular weight is 379 g/mol. The second-order valence-corrected chi connectivity index (χ2v) is 6.78. The van der Waals surface area contributed by atoms with Gasteiger partial charge in [0.05, 0.1) is 6.04 Å². The van der Waals surface area contributed by atoms with Gasteiger partial charge in [-0.05, 0) is 31.2 Å². The SMILES string of the molecule is CCNC(=O)C(O)C(Cc1ccccc1)NC(=O)C(CC(C)C)NC(=O)O. The Morgan fingerprint density at radius 3 is 2.19 bits per heavy atom. The Hall–Kier alpha value is -2.61. The molecule has 0 spiro atoms. The van der Waals surface area contributed by atoms with Crippen molar-refractivity contribution in [2.24, 2.45) is 5.92 Å². The number of rotatable bonds is 10. The van der Waals surface area contributed by atoms with Crippen molar-refractivity contribution < 1.29 is 24.6 Å². The number of carbonyl (C=O) groups excluding carboxylic acids is 2. The van der Waals surface area contributed by atoms with Gasteiger partial charge in [0.15, 0.2) is 6.10 Å². The highest BCUT2D eigenvalue weighted by Crippen LogP contribution is 2.10. The van der Waals surface area contributed by atoms with Crippen molar-refractivity contribution in [2.45, 2.75) is 51.8 Å². The fourth-order valence-electron chi connectivity index (χ4n) is 2.71. The third-order valence-electron chi connectivity index (χ3n) is 3.95. The first-order valence-corrected chi connectivity index (χ1v) is 9.04. The van der Waals surface area contributed by atoms with Crippen molar-refractivity contribution in [3.05, 3.63) is 35.9 Å². The number of hydrogen-bond acceptors (Lipinski definition) is 4. The fraction of sp³-hybridized carbons (Fsp3) is 0.526. The number of aliphatic hydroxyl groups is 1. The van der Waals surface area contributed by atoms with Crippen LogP contribution in [-0.2, 0) is 16.0 Å². The van der Waals surface area contributed by atoms with Gasteiger partial charge in [-0.1, -0.05) is 44.2 Å². The first kappa shape index (κ1) is 22.4. The van der Waals surface area contributed by atoms with Gasteiger partial charge in [-0.2, -0.15) is 0 Å². The lowest BCUT2D eigenvalue weighted by Gasteiger charge is -2.26. The predicted octanol–water partition coefficient (Wildman–Crippen LogP) is 0.893. The second kappa shape index (κ2) is 11.2. The lowest BCUT2D eigenvalue weighted by molar-refractivity contribution is -0.132. The van der Waals surface area contributed by atoms with E-state index in [0.717, 1.165) is 5.56 Å². The van der Waals surface area contributed by atoms with Crippen LogP contribution < -0.4 is 16.0 Å². The molecule has 3 unspecified atom stereocenters. The van der Waals surface area contributed by atoms with E-state index < -0.39 is 36.1 Å². The van der Waals surface area contributed by atoms with E-state index in [-0.39, 0.29) is 12.3 Å². The van der Waals surface area contributed by atoms with E-state index in [1.807, 2.05) is 44.2 Å². The van der Waals surface area contributed by atoms with Gasteiger partial charge >= 0.3 is 6.09 Å². The van der Waals surface area contributed by atoms with Gasteiger partial charge in [-0.25, -0.2) is 4.79 Å². The van der Waals surface area contributed by atoms with Crippen LogP contribution in [-0.4, -0.2) is 52.9 Å². The molecule has 5 N–H and O–H groups in total. The van der Waals surface area contributed by atoms with Crippen molar-refractivity contribution in [2.75, 3.05) is 6.54 Å². The Labute approximate surface area is 159 Å². The third kappa shape index (κ3) is 8.08. The summed E-state index contributed by atoms with van der Waals surface area (Å²) in [5.74, 6) is -1.09. The lowest BCUT2D eigenvalue weighted by Crippen LogP contribution is -2.56. The zero-order valence-electron chi connectivity index (χ0n) is 15.9. The maximum atomic E-state index is 12.6. The van der Waals surface area contributed by atoms with Gasteiger partial charge in [0.1, 0.15) is 6.04 Å². The summed E-state index contributed by atoms with van der Waals surface area (Å²) in [7, 11) is 0. The molecule has 27 heavy (non-hydrogen) atoms. The molecule has 150 valence electrons. The normalized spacial score (nSPS) is 14.1. The zero-order valence-corrected chi connectivity index (χ0v) is 15.9. The molecule has 1 aromatic rings. The first-order chi connectivity index (χ1) is 12.7. The molecule has 0 heterocycles. The zero-order chi connectivity index (χ0) is 20.4. The maximum Gasteiger partial charge on any atom is 0.405 e. The molecule has 1 rings (SSSR count). The van der Waals surface area contributed by atoms with Crippen LogP contribution in [0, 0.1) is 5.92 Å². The van der Waals surface area contributed by atoms with Crippen LogP contribution in [0.4, 0.5) is 4.79 Å². The molecule has 0 aromatic heterocycles. The summed E-state index contributed by atoms with van der Waals surface area (Å²) in [6, 6.07) is 7.27. The van der Waals surface area contributed by atoms with E-state index in [1.165, 1.54) is 0 Å². The number of hydrogen-bond donors (Lipinski definition) is 5. The van der Waals surface area contributed by atoms with Crippen molar-refractivity contribution >= 4 is 17.9 Å². The molecule has 8 nitrogen and oxygen atoms in total. The smallest absolute Gasteiger partial charge is 0.405 e. The summed E-state index contributed by atoms with van der Waals surface area (Å²) < 4.78 is 0. The highest BCUT2D eigenvalue weighted by Gasteiger charge is 2.30. The Balaban J connectivity index is 2.97. The summed E-state index contributed by atoms with van der Waals surface area (Å²) in [6.07, 6.45) is -2.24. The molecule has 3 atom stereocenters. The average Bonchev–Trinajstić information content (AvgIpc) is 2.60. The van der Waals surface area contributed by atoms with Gasteiger partial charge in [-0.15, -0.1) is 0 Å². The molecule has 0 radical (unpaired) electrons. The van der Waals surface area contributed by atoms with Gasteiger partial charge in [-0.3, -0.25) is 9.59 Å². The third-order valence-corrected chi connectivity index (χ3v) is 3.95. The van der Waals surface area contributed by atoms with Crippen molar-refractivity contribution in [1.82, 2.24) is 16.0 Å². The van der Waals surface area contributed by atoms with E-state index >= 15 is 0 Å². The van der Waals surface area contributed by atoms with Crippen LogP contribution in [0.3, 0.4) is 0 Å². The Kier molecular flexibility index (Phi) is 9.29. The molecular formula is C19H29N3O5. The fourth-order valence-corrected chi connectivity index (χ4v) is 2.71. The van der Waals surface area contributed by atoms with Gasteiger partial charge in [0.25, 0.3) is 5.91 Å². The quantitative estimate of drug-likeness (QED) is 0.413. The monoisotopic (exact) mass is 379 g/mol. The molecule has 0 aliphatic heterocycles. The minimum absolute atomic E-state index is 0.0773. The number of nitrogens with one attached hydrogen (secondary N) is 3. The molecule has 1 aromatic carbocycles. The molecule has 0 saturated heterocycles. The van der Waals surface area contributed by atoms with Crippen molar-refractivity contribution in [3.8, 4) is 0 Å². The van der Waals surface area contributed by atoms with Gasteiger partial charge in [0.2, 0.25) is 5.91 Å². The van der Waals surface area contributed by atoms with Gasteiger partial charge in [0, 0.05) is 6.54 Å². The highest BCUT2D eigenvalue weighted by molar-refractivity contribution is 5.87. The number of carbonyl (C=O) groups is 3. The van der Waals surface area contributed by atoms with Crippen LogP contribution >= 0.6 is 0 Å². The Bertz CT molecular complexity index is 621. The van der Waals surface area contributed by atoms with Crippen LogP contribution in [0.25, 0.3) is 0 Å². The van der Waals surface area contributed by atoms with Crippen molar-refractivity contribution in [1.29, 1.82) is 0 Å². The summed E-state index contributed by atoms with van der Waals surface area (Å²) in [5.41, 5.74) is 0.831. The molecule has 0 saturated carbocycles. The molecule has 0 aliphatic rings. The maximum absolute atomic E-state index is 12.6. The Morgan fingerprint density at radius 2 is 1.67 bits per heavy atom. The van der Waals surface area contributed by atoms with Crippen LogP contribution in [0.5, 0.6) is 0 Å². The van der Waals surface area contributed by atoms with Crippen LogP contribution in [0.2, 0.25) is 0 Å². The summed E-state index contributed by atoms with van der Waals surface area (Å²) in [4.78, 5) is 35.7. The highest BCUT2D eigenvalue weighted by atomic mass is 16.4. The van der Waals surface area contributed by atoms with Crippen molar-refractivity contribution in [3.63, 3.8) is 0 Å². The summed E-state index contributed by atoms with van der Waals surface area (Å²) >= 11 is 0. The lowest BCUT2D eigenvalue weighted by atomic mass is 9.98. The number of likely N-dealkylation sites (N-methyl/N-ethyl adjacent to an activating group) is 1. The molecule has 8 heteroatoms. The molecule has 0 fully saturated rings. The van der Waals surface area contributed by atoms with E-state index in [2.05, 4.69) is 16.0 Å². The number of amides is 3. The Morgan fingerprint density at radius 1 is 1.04 bits per heavy atom. The van der Waals surface area contributed by atoms with E-state index in [0.29, 0.717) is 13.0 Å². The minimum atomic E-state index is -1.46. The summed E-state index contributed by atoms with van der Waals surface area (Å²) in [5, 5.41) is 26.7. The van der Waals surface area contributed by atoms with Crippen LogP contribution in [0.15, 0.2) is 30.3 Å². The standard InChI is InChI=1S/C19H29N3O5/c1-4-20-18(25)16(23)14(11-13-8-6-5-7-9-13)21-17(24)15(10-12(2)3)22-19(26)27/h5-9,12,14-16,22-23H,4,10-11H2,1-3H3,(H,20,25)(H,21,24)(H,26,27). The predicted molar refractivity (Wildman–Crippen MR) is 101 cm³/mol. The molecule has 0 aliphatic carbocycles. The number of aliphatic hydroxyl groups excluding tert-OH is 1. The van der Waals surface area contributed by atoms with E-state index in [1.54, 1.807) is 6.92 Å². The first-order valence-electron chi connectivity index (χ1n) is 9.04. The number of carboxylic acid groups (broad SMARTS) is 1. The van der Waals surface area contributed by atoms with E-state index in [4.69, 9.17) is 5.11 Å². The summed E-state index contributed by atoms with van der Waals surface area (Å²) in [6.45, 7) is 5.81. The number of benzene rings is 1. The largest absolute Gasteiger partial charge is 0.465 e. The van der Waals surface area contributed by atoms with E-state index in [9.17, 15) is 19.5 Å². The molecule has 3 amide bonds. The second-order valence-electron chi connectivity index (χ2n) is 6.78. The van der Waals surface area contributed by atoms with Gasteiger partial charge < -0.3 is 26.2 Å². The molecule has 0 bridgehead atoms. The van der Waals surface area contributed by atoms with Crippen LogP contribution in [0.1, 0.15) is 32.8 Å². The molecular weight excluding hydrogens is 350 g/mol. The topological polar surface area (TPSA) is 128 Å².